The second kappa shape index (κ2) is 5.82. The average Bonchev–Trinajstić information content (AvgIpc) is 2.95. The zero-order chi connectivity index (χ0) is 19.6. The van der Waals surface area contributed by atoms with Crippen LogP contribution in [0, 0.1) is 5.41 Å². The van der Waals surface area contributed by atoms with Gasteiger partial charge in [0.15, 0.2) is 5.78 Å². The van der Waals surface area contributed by atoms with Crippen LogP contribution in [0.25, 0.3) is 0 Å². The molecule has 1 aromatic heterocycles. The lowest BCUT2D eigenvalue weighted by atomic mass is 9.73. The predicted octanol–water partition coefficient (Wildman–Crippen LogP) is 4.61. The number of allylic oxidation sites excluding steroid dienone is 2. The van der Waals surface area contributed by atoms with Crippen molar-refractivity contribution in [3.8, 4) is 0 Å². The maximum Gasteiger partial charge on any atom is 0.453 e. The minimum absolute atomic E-state index is 0.0310. The highest BCUT2D eigenvalue weighted by Gasteiger charge is 2.44. The molecule has 2 heterocycles. The highest BCUT2D eigenvalue weighted by Crippen LogP contribution is 2.46. The number of hydrogen-bond donors (Lipinski definition) is 1. The van der Waals surface area contributed by atoms with Crippen LogP contribution in [0.4, 0.5) is 19.1 Å². The fraction of sp³-hybridized carbons (Fsp3) is 0.389. The maximum atomic E-state index is 13.2. The Morgan fingerprint density at radius 2 is 2.04 bits per heavy atom. The Labute approximate surface area is 158 Å². The van der Waals surface area contributed by atoms with Crippen LogP contribution in [0.2, 0.25) is 5.02 Å². The summed E-state index contributed by atoms with van der Waals surface area (Å²) < 4.78 is 40.6. The highest BCUT2D eigenvalue weighted by atomic mass is 35.5. The van der Waals surface area contributed by atoms with Crippen molar-refractivity contribution in [3.05, 3.63) is 51.9 Å². The van der Waals surface area contributed by atoms with Crippen LogP contribution in [0.1, 0.15) is 44.1 Å². The molecule has 1 N–H and O–H groups in total. The summed E-state index contributed by atoms with van der Waals surface area (Å²) >= 11 is 6.08. The molecule has 1 aliphatic carbocycles. The van der Waals surface area contributed by atoms with Crippen molar-refractivity contribution in [3.63, 3.8) is 0 Å². The number of nitrogens with zero attached hydrogens (tertiary/aromatic N) is 3. The minimum atomic E-state index is -4.69. The van der Waals surface area contributed by atoms with E-state index in [0.717, 1.165) is 4.68 Å². The number of aromatic nitrogens is 3. The summed E-state index contributed by atoms with van der Waals surface area (Å²) in [6.45, 7) is 3.90. The molecular formula is C18H16ClF3N4O. The van der Waals surface area contributed by atoms with Gasteiger partial charge in [0.05, 0.1) is 0 Å². The minimum Gasteiger partial charge on any atom is -0.328 e. The molecule has 0 fully saturated rings. The molecule has 1 aromatic carbocycles. The van der Waals surface area contributed by atoms with Crippen molar-refractivity contribution in [2.45, 2.75) is 38.9 Å². The average molecular weight is 397 g/mol. The first-order valence-corrected chi connectivity index (χ1v) is 8.75. The molecule has 4 rings (SSSR count). The van der Waals surface area contributed by atoms with Crippen LogP contribution in [0.15, 0.2) is 35.5 Å². The number of nitrogens with one attached hydrogen (secondary N) is 1. The Hall–Kier alpha value is -2.35. The number of anilines is 1. The Morgan fingerprint density at radius 1 is 1.30 bits per heavy atom. The van der Waals surface area contributed by atoms with Gasteiger partial charge in [-0.1, -0.05) is 37.6 Å². The molecule has 1 unspecified atom stereocenters. The van der Waals surface area contributed by atoms with Gasteiger partial charge in [-0.3, -0.25) is 4.79 Å². The molecule has 1 atom stereocenters. The van der Waals surface area contributed by atoms with Crippen molar-refractivity contribution in [1.82, 2.24) is 14.8 Å². The number of hydrogen-bond acceptors (Lipinski definition) is 4. The van der Waals surface area contributed by atoms with Gasteiger partial charge in [-0.2, -0.15) is 18.2 Å². The van der Waals surface area contributed by atoms with Gasteiger partial charge in [-0.25, -0.2) is 4.68 Å². The number of Topliss-reactive ketones (excluding diaryl/α,β-unsaturated/α-hetero) is 1. The first-order valence-electron chi connectivity index (χ1n) is 8.38. The van der Waals surface area contributed by atoms with Crippen LogP contribution in [0.5, 0.6) is 0 Å². The second-order valence-electron chi connectivity index (χ2n) is 7.62. The fourth-order valence-corrected chi connectivity index (χ4v) is 3.91. The van der Waals surface area contributed by atoms with E-state index in [2.05, 4.69) is 15.4 Å². The number of rotatable bonds is 1. The number of benzene rings is 1. The molecule has 5 nitrogen and oxygen atoms in total. The molecule has 0 saturated carbocycles. The third kappa shape index (κ3) is 3.12. The zero-order valence-electron chi connectivity index (χ0n) is 14.6. The van der Waals surface area contributed by atoms with Crippen molar-refractivity contribution >= 4 is 23.3 Å². The standard InChI is InChI=1S/C18H16ClF3N4O/c1-17(2)7-11-13(12(27)8-17)14(9-4-3-5-10(19)6-9)26-16(23-11)24-15(25-26)18(20,21)22/h3-6,14H,7-8H2,1-2H3,(H,23,24,25). The van der Waals surface area contributed by atoms with E-state index in [1.54, 1.807) is 24.3 Å². The normalized spacial score (nSPS) is 21.6. The smallest absolute Gasteiger partial charge is 0.328 e. The van der Waals surface area contributed by atoms with Crippen LogP contribution < -0.4 is 5.32 Å². The fourth-order valence-electron chi connectivity index (χ4n) is 3.71. The molecule has 142 valence electrons. The van der Waals surface area contributed by atoms with E-state index < -0.39 is 18.0 Å². The van der Waals surface area contributed by atoms with E-state index in [9.17, 15) is 18.0 Å². The summed E-state index contributed by atoms with van der Waals surface area (Å²) in [4.78, 5) is 16.5. The number of halogens is 4. The van der Waals surface area contributed by atoms with Gasteiger partial charge in [0.1, 0.15) is 6.04 Å². The van der Waals surface area contributed by atoms with E-state index in [0.29, 0.717) is 34.7 Å². The van der Waals surface area contributed by atoms with Gasteiger partial charge in [-0.15, -0.1) is 5.10 Å². The van der Waals surface area contributed by atoms with Crippen LogP contribution in [-0.2, 0) is 11.0 Å². The number of alkyl halides is 3. The van der Waals surface area contributed by atoms with Gasteiger partial charge >= 0.3 is 6.18 Å². The van der Waals surface area contributed by atoms with Gasteiger partial charge in [0.2, 0.25) is 5.95 Å². The molecule has 9 heteroatoms. The van der Waals surface area contributed by atoms with E-state index in [4.69, 9.17) is 11.6 Å². The Bertz CT molecular complexity index is 977. The largest absolute Gasteiger partial charge is 0.453 e. The molecule has 2 aromatic rings. The third-order valence-electron chi connectivity index (χ3n) is 4.75. The Balaban J connectivity index is 1.93. The van der Waals surface area contributed by atoms with Crippen LogP contribution in [0.3, 0.4) is 0 Å². The molecule has 1 aliphatic heterocycles. The van der Waals surface area contributed by atoms with Gasteiger partial charge < -0.3 is 5.32 Å². The van der Waals surface area contributed by atoms with E-state index in [1.807, 2.05) is 13.8 Å². The lowest BCUT2D eigenvalue weighted by molar-refractivity contribution is -0.145. The topological polar surface area (TPSA) is 59.8 Å². The van der Waals surface area contributed by atoms with Crippen molar-refractivity contribution in [2.24, 2.45) is 5.41 Å². The summed E-state index contributed by atoms with van der Waals surface area (Å²) in [7, 11) is 0. The summed E-state index contributed by atoms with van der Waals surface area (Å²) in [5, 5.41) is 6.99. The molecule has 27 heavy (non-hydrogen) atoms. The third-order valence-corrected chi connectivity index (χ3v) is 4.98. The van der Waals surface area contributed by atoms with Crippen LogP contribution in [-0.4, -0.2) is 20.5 Å². The summed E-state index contributed by atoms with van der Waals surface area (Å²) in [5.41, 5.74) is 1.30. The highest BCUT2D eigenvalue weighted by molar-refractivity contribution is 6.30. The molecule has 0 radical (unpaired) electrons. The van der Waals surface area contributed by atoms with Gasteiger partial charge in [0.25, 0.3) is 5.82 Å². The summed E-state index contributed by atoms with van der Waals surface area (Å²) in [5.74, 6) is -1.39. The monoisotopic (exact) mass is 396 g/mol. The summed E-state index contributed by atoms with van der Waals surface area (Å²) in [6.07, 6.45) is -3.85. The van der Waals surface area contributed by atoms with E-state index in [1.165, 1.54) is 0 Å². The zero-order valence-corrected chi connectivity index (χ0v) is 15.3. The molecule has 0 saturated heterocycles. The molecular weight excluding hydrogens is 381 g/mol. The quantitative estimate of drug-likeness (QED) is 0.764. The molecule has 0 spiro atoms. The SMILES string of the molecule is CC1(C)CC(=O)C2=C(C1)Nc1nc(C(F)(F)F)nn1C2c1cccc(Cl)c1. The van der Waals surface area contributed by atoms with Crippen LogP contribution >= 0.6 is 11.6 Å². The van der Waals surface area contributed by atoms with Gasteiger partial charge in [-0.05, 0) is 29.5 Å². The van der Waals surface area contributed by atoms with E-state index in [-0.39, 0.29) is 17.1 Å². The van der Waals surface area contributed by atoms with Crippen molar-refractivity contribution in [1.29, 1.82) is 0 Å². The predicted molar refractivity (Wildman–Crippen MR) is 93.3 cm³/mol. The Kier molecular flexibility index (Phi) is 3.89. The first-order chi connectivity index (χ1) is 12.5. The Morgan fingerprint density at radius 3 is 2.70 bits per heavy atom. The second-order valence-corrected chi connectivity index (χ2v) is 8.05. The lowest BCUT2D eigenvalue weighted by Gasteiger charge is -2.38. The molecule has 2 aliphatic rings. The lowest BCUT2D eigenvalue weighted by Crippen LogP contribution is -2.36. The number of carbonyl (C=O) groups is 1. The molecule has 0 amide bonds. The number of carbonyl (C=O) groups excluding carboxylic acids is 1. The van der Waals surface area contributed by atoms with Gasteiger partial charge in [0, 0.05) is 22.7 Å². The number of ketones is 1. The molecule has 0 bridgehead atoms. The maximum absolute atomic E-state index is 13.2. The van der Waals surface area contributed by atoms with Crippen molar-refractivity contribution in [2.75, 3.05) is 5.32 Å². The summed E-state index contributed by atoms with van der Waals surface area (Å²) in [6, 6.07) is 5.91. The first kappa shape index (κ1) is 18.0. The number of fused-ring (bicyclic) bond motifs is 1. The van der Waals surface area contributed by atoms with Crippen molar-refractivity contribution < 1.29 is 18.0 Å². The van der Waals surface area contributed by atoms with E-state index >= 15 is 0 Å².